The van der Waals surface area contributed by atoms with E-state index in [1.54, 1.807) is 18.6 Å². The van der Waals surface area contributed by atoms with E-state index in [0.29, 0.717) is 0 Å². The van der Waals surface area contributed by atoms with Gasteiger partial charge in [-0.1, -0.05) is 24.3 Å². The van der Waals surface area contributed by atoms with Crippen LogP contribution >= 0.6 is 0 Å². The third-order valence-electron chi connectivity index (χ3n) is 4.13. The van der Waals surface area contributed by atoms with Gasteiger partial charge in [-0.2, -0.15) is 0 Å². The average Bonchev–Trinajstić information content (AvgIpc) is 2.57. The molecule has 2 aromatic rings. The summed E-state index contributed by atoms with van der Waals surface area (Å²) in [7, 11) is 2.19. The van der Waals surface area contributed by atoms with E-state index in [1.807, 2.05) is 0 Å². The largest absolute Gasteiger partial charge is 0.365 e. The molecule has 1 fully saturated rings. The van der Waals surface area contributed by atoms with Gasteiger partial charge in [-0.25, -0.2) is 4.98 Å². The maximum Gasteiger partial charge on any atom is 0.144 e. The number of hydrogen-bond acceptors (Lipinski definition) is 5. The summed E-state index contributed by atoms with van der Waals surface area (Å²) in [5.74, 6) is 0.817. The smallest absolute Gasteiger partial charge is 0.144 e. The first-order valence-corrected chi connectivity index (χ1v) is 7.79. The Bertz CT molecular complexity index is 579. The van der Waals surface area contributed by atoms with Crippen molar-refractivity contribution in [3.05, 3.63) is 54.0 Å². The number of nitrogens with one attached hydrogen (secondary N) is 1. The number of likely N-dealkylation sites (N-methyl/N-ethyl adjacent to an activating group) is 1. The minimum absolute atomic E-state index is 0.780. The van der Waals surface area contributed by atoms with Crippen molar-refractivity contribution in [2.75, 3.05) is 38.5 Å². The lowest BCUT2D eigenvalue weighted by molar-refractivity contribution is 0.148. The van der Waals surface area contributed by atoms with Gasteiger partial charge in [0, 0.05) is 51.7 Å². The number of hydrogen-bond donors (Lipinski definition) is 1. The molecule has 5 nitrogen and oxygen atoms in total. The van der Waals surface area contributed by atoms with Crippen LogP contribution in [0.2, 0.25) is 0 Å². The molecule has 2 heterocycles. The second kappa shape index (κ2) is 7.33. The molecule has 1 aliphatic rings. The van der Waals surface area contributed by atoms with Crippen molar-refractivity contribution in [3.63, 3.8) is 0 Å². The summed E-state index contributed by atoms with van der Waals surface area (Å²) < 4.78 is 0. The molecule has 1 aliphatic heterocycles. The summed E-state index contributed by atoms with van der Waals surface area (Å²) in [6.45, 7) is 6.39. The SMILES string of the molecule is CN1CCN(Cc2ccccc2CNc2cnccn2)CC1. The highest BCUT2D eigenvalue weighted by Crippen LogP contribution is 2.14. The number of benzene rings is 1. The molecule has 0 aliphatic carbocycles. The van der Waals surface area contributed by atoms with E-state index in [9.17, 15) is 0 Å². The third kappa shape index (κ3) is 4.02. The van der Waals surface area contributed by atoms with Crippen LogP contribution in [0.15, 0.2) is 42.9 Å². The van der Waals surface area contributed by atoms with Gasteiger partial charge >= 0.3 is 0 Å². The van der Waals surface area contributed by atoms with E-state index in [1.165, 1.54) is 11.1 Å². The van der Waals surface area contributed by atoms with Crippen LogP contribution in [0, 0.1) is 0 Å². The molecule has 1 saturated heterocycles. The summed E-state index contributed by atoms with van der Waals surface area (Å²) >= 11 is 0. The summed E-state index contributed by atoms with van der Waals surface area (Å²) in [6.07, 6.45) is 5.15. The first kappa shape index (κ1) is 14.9. The van der Waals surface area contributed by atoms with E-state index in [-0.39, 0.29) is 0 Å². The van der Waals surface area contributed by atoms with Gasteiger partial charge < -0.3 is 10.2 Å². The van der Waals surface area contributed by atoms with Crippen molar-refractivity contribution in [1.29, 1.82) is 0 Å². The lowest BCUT2D eigenvalue weighted by Crippen LogP contribution is -2.44. The minimum Gasteiger partial charge on any atom is -0.365 e. The summed E-state index contributed by atoms with van der Waals surface area (Å²) in [5.41, 5.74) is 2.72. The molecule has 0 unspecified atom stereocenters. The number of rotatable bonds is 5. The molecule has 22 heavy (non-hydrogen) atoms. The first-order valence-electron chi connectivity index (χ1n) is 7.79. The minimum atomic E-state index is 0.780. The van der Waals surface area contributed by atoms with Crippen molar-refractivity contribution in [2.24, 2.45) is 0 Å². The Hall–Kier alpha value is -1.98. The highest BCUT2D eigenvalue weighted by atomic mass is 15.2. The van der Waals surface area contributed by atoms with Crippen molar-refractivity contribution in [2.45, 2.75) is 13.1 Å². The molecule has 1 aromatic heterocycles. The molecule has 0 spiro atoms. The van der Waals surface area contributed by atoms with Crippen LogP contribution in [0.4, 0.5) is 5.82 Å². The van der Waals surface area contributed by atoms with Gasteiger partial charge in [0.05, 0.1) is 6.20 Å². The molecule has 0 bridgehead atoms. The quantitative estimate of drug-likeness (QED) is 0.912. The fraction of sp³-hybridized carbons (Fsp3) is 0.412. The van der Waals surface area contributed by atoms with Gasteiger partial charge in [0.25, 0.3) is 0 Å². The number of piperazine rings is 1. The fourth-order valence-corrected chi connectivity index (χ4v) is 2.71. The topological polar surface area (TPSA) is 44.3 Å². The van der Waals surface area contributed by atoms with Crippen LogP contribution in [0.25, 0.3) is 0 Å². The zero-order valence-electron chi connectivity index (χ0n) is 13.1. The number of nitrogens with zero attached hydrogens (tertiary/aromatic N) is 4. The van der Waals surface area contributed by atoms with Crippen molar-refractivity contribution in [1.82, 2.24) is 19.8 Å². The molecule has 1 N–H and O–H groups in total. The molecule has 116 valence electrons. The summed E-state index contributed by atoms with van der Waals surface area (Å²) in [5, 5.41) is 3.35. The van der Waals surface area contributed by atoms with E-state index < -0.39 is 0 Å². The molecule has 0 saturated carbocycles. The lowest BCUT2D eigenvalue weighted by atomic mass is 10.1. The summed E-state index contributed by atoms with van der Waals surface area (Å²) in [6, 6.07) is 8.64. The van der Waals surface area contributed by atoms with Crippen LogP contribution in [0.3, 0.4) is 0 Å². The molecule has 0 radical (unpaired) electrons. The molecule has 0 atom stereocenters. The van der Waals surface area contributed by atoms with Crippen molar-refractivity contribution < 1.29 is 0 Å². The molecule has 1 aromatic carbocycles. The Morgan fingerprint density at radius 3 is 2.55 bits per heavy atom. The molecular formula is C17H23N5. The van der Waals surface area contributed by atoms with E-state index in [4.69, 9.17) is 0 Å². The average molecular weight is 297 g/mol. The van der Waals surface area contributed by atoms with Gasteiger partial charge in [-0.3, -0.25) is 9.88 Å². The molecule has 3 rings (SSSR count). The van der Waals surface area contributed by atoms with Crippen LogP contribution in [-0.2, 0) is 13.1 Å². The standard InChI is InChI=1S/C17H23N5/c1-21-8-10-22(11-9-21)14-16-5-3-2-4-15(16)12-20-17-13-18-6-7-19-17/h2-7,13H,8-12,14H2,1H3,(H,19,20). The highest BCUT2D eigenvalue weighted by Gasteiger charge is 2.15. The number of aromatic nitrogens is 2. The number of anilines is 1. The van der Waals surface area contributed by atoms with Crippen LogP contribution in [-0.4, -0.2) is 53.0 Å². The Labute approximate surface area is 132 Å². The van der Waals surface area contributed by atoms with Gasteiger partial charge in [-0.15, -0.1) is 0 Å². The zero-order chi connectivity index (χ0) is 15.2. The van der Waals surface area contributed by atoms with Crippen molar-refractivity contribution in [3.8, 4) is 0 Å². The predicted molar refractivity (Wildman–Crippen MR) is 88.6 cm³/mol. The molecule has 0 amide bonds. The lowest BCUT2D eigenvalue weighted by Gasteiger charge is -2.32. The maximum atomic E-state index is 4.26. The predicted octanol–water partition coefficient (Wildman–Crippen LogP) is 1.84. The normalized spacial score (nSPS) is 16.6. The second-order valence-electron chi connectivity index (χ2n) is 5.79. The van der Waals surface area contributed by atoms with Gasteiger partial charge in [-0.05, 0) is 18.2 Å². The van der Waals surface area contributed by atoms with Crippen LogP contribution < -0.4 is 5.32 Å². The first-order chi connectivity index (χ1) is 10.8. The fourth-order valence-electron chi connectivity index (χ4n) is 2.71. The van der Waals surface area contributed by atoms with Crippen LogP contribution in [0.1, 0.15) is 11.1 Å². The van der Waals surface area contributed by atoms with E-state index in [2.05, 4.69) is 56.4 Å². The van der Waals surface area contributed by atoms with E-state index >= 15 is 0 Å². The van der Waals surface area contributed by atoms with Gasteiger partial charge in [0.1, 0.15) is 5.82 Å². The Kier molecular flexibility index (Phi) is 4.98. The van der Waals surface area contributed by atoms with Gasteiger partial charge in [0.2, 0.25) is 0 Å². The monoisotopic (exact) mass is 297 g/mol. The van der Waals surface area contributed by atoms with Crippen LogP contribution in [0.5, 0.6) is 0 Å². The third-order valence-corrected chi connectivity index (χ3v) is 4.13. The zero-order valence-corrected chi connectivity index (χ0v) is 13.1. The highest BCUT2D eigenvalue weighted by molar-refractivity contribution is 5.35. The molecular weight excluding hydrogens is 274 g/mol. The Morgan fingerprint density at radius 1 is 1.05 bits per heavy atom. The van der Waals surface area contributed by atoms with Crippen molar-refractivity contribution >= 4 is 5.82 Å². The van der Waals surface area contributed by atoms with E-state index in [0.717, 1.165) is 45.1 Å². The molecule has 5 heteroatoms. The van der Waals surface area contributed by atoms with Gasteiger partial charge in [0.15, 0.2) is 0 Å². The Balaban J connectivity index is 1.62. The second-order valence-corrected chi connectivity index (χ2v) is 5.79. The Morgan fingerprint density at radius 2 is 1.82 bits per heavy atom. The maximum absolute atomic E-state index is 4.26. The summed E-state index contributed by atoms with van der Waals surface area (Å²) in [4.78, 5) is 13.3.